The number of ketones is 1. The largest absolute Gasteiger partial charge is 0.480 e. The minimum absolute atomic E-state index is 0.104. The Morgan fingerprint density at radius 2 is 1.81 bits per heavy atom. The second-order valence-electron chi connectivity index (χ2n) is 4.90. The molecule has 0 aliphatic carbocycles. The predicted molar refractivity (Wildman–Crippen MR) is 72.4 cm³/mol. The van der Waals surface area contributed by atoms with E-state index in [4.69, 9.17) is 5.11 Å². The lowest BCUT2D eigenvalue weighted by molar-refractivity contribution is -0.140. The van der Waals surface area contributed by atoms with Crippen LogP contribution in [0.1, 0.15) is 23.7 Å². The van der Waals surface area contributed by atoms with Gasteiger partial charge in [-0.25, -0.2) is 8.42 Å². The van der Waals surface area contributed by atoms with Crippen molar-refractivity contribution in [2.45, 2.75) is 30.4 Å². The third kappa shape index (κ3) is 2.97. The Labute approximate surface area is 121 Å². The fourth-order valence-electron chi connectivity index (χ4n) is 2.27. The van der Waals surface area contributed by atoms with E-state index in [0.29, 0.717) is 5.56 Å². The van der Waals surface area contributed by atoms with E-state index in [2.05, 4.69) is 0 Å². The summed E-state index contributed by atoms with van der Waals surface area (Å²) in [5, 5.41) is 18.6. The van der Waals surface area contributed by atoms with Crippen molar-refractivity contribution in [3.8, 4) is 0 Å². The van der Waals surface area contributed by atoms with Gasteiger partial charge in [0.1, 0.15) is 6.04 Å². The molecule has 0 unspecified atom stereocenters. The maximum absolute atomic E-state index is 12.4. The summed E-state index contributed by atoms with van der Waals surface area (Å²) >= 11 is 0. The molecule has 2 rings (SSSR count). The van der Waals surface area contributed by atoms with Crippen molar-refractivity contribution in [3.63, 3.8) is 0 Å². The van der Waals surface area contributed by atoms with Crippen molar-refractivity contribution >= 4 is 21.8 Å². The molecule has 2 N–H and O–H groups in total. The summed E-state index contributed by atoms with van der Waals surface area (Å²) in [7, 11) is -4.03. The first-order chi connectivity index (χ1) is 9.73. The average molecular weight is 313 g/mol. The Morgan fingerprint density at radius 3 is 2.29 bits per heavy atom. The van der Waals surface area contributed by atoms with Crippen molar-refractivity contribution in [1.82, 2.24) is 4.31 Å². The van der Waals surface area contributed by atoms with Gasteiger partial charge < -0.3 is 10.2 Å². The first kappa shape index (κ1) is 15.6. The standard InChI is InChI=1S/C13H15NO6S/c1-8(15)9-2-4-11(5-3-9)21(19,20)14-7-10(16)6-12(14)13(17)18/h2-5,10,12,16H,6-7H2,1H3,(H,17,18)/t10-,12+/m1/s1. The Bertz CT molecular complexity index is 666. The molecule has 1 fully saturated rings. The minimum atomic E-state index is -4.03. The van der Waals surface area contributed by atoms with Crippen molar-refractivity contribution in [1.29, 1.82) is 0 Å². The summed E-state index contributed by atoms with van der Waals surface area (Å²) in [6, 6.07) is 3.98. The molecule has 1 aliphatic heterocycles. The van der Waals surface area contributed by atoms with Crippen molar-refractivity contribution in [2.24, 2.45) is 0 Å². The molecule has 7 nitrogen and oxygen atoms in total. The molecule has 0 spiro atoms. The van der Waals surface area contributed by atoms with Crippen LogP contribution in [0.4, 0.5) is 0 Å². The molecule has 1 aromatic carbocycles. The van der Waals surface area contributed by atoms with E-state index in [-0.39, 0.29) is 23.6 Å². The molecule has 0 bridgehead atoms. The highest BCUT2D eigenvalue weighted by atomic mass is 32.2. The molecule has 1 saturated heterocycles. The Morgan fingerprint density at radius 1 is 1.24 bits per heavy atom. The maximum Gasteiger partial charge on any atom is 0.322 e. The highest BCUT2D eigenvalue weighted by molar-refractivity contribution is 7.89. The molecule has 0 amide bonds. The Hall–Kier alpha value is -1.77. The van der Waals surface area contributed by atoms with Crippen LogP contribution in [0.3, 0.4) is 0 Å². The average Bonchev–Trinajstić information content (AvgIpc) is 2.82. The molecule has 2 atom stereocenters. The molecule has 1 aliphatic rings. The van der Waals surface area contributed by atoms with E-state index in [0.717, 1.165) is 4.31 Å². The van der Waals surface area contributed by atoms with E-state index in [9.17, 15) is 23.1 Å². The lowest BCUT2D eigenvalue weighted by Crippen LogP contribution is -2.40. The number of aliphatic carboxylic acids is 1. The third-order valence-electron chi connectivity index (χ3n) is 3.39. The molecule has 21 heavy (non-hydrogen) atoms. The molecule has 1 aromatic rings. The minimum Gasteiger partial charge on any atom is -0.480 e. The number of hydrogen-bond acceptors (Lipinski definition) is 5. The lowest BCUT2D eigenvalue weighted by atomic mass is 10.2. The van der Waals surface area contributed by atoms with Crippen LogP contribution in [-0.2, 0) is 14.8 Å². The van der Waals surface area contributed by atoms with E-state index in [1.165, 1.54) is 31.2 Å². The summed E-state index contributed by atoms with van der Waals surface area (Å²) in [5.74, 6) is -1.49. The van der Waals surface area contributed by atoms with E-state index in [1.54, 1.807) is 0 Å². The quantitative estimate of drug-likeness (QED) is 0.762. The fraction of sp³-hybridized carbons (Fsp3) is 0.385. The number of carboxylic acid groups (broad SMARTS) is 1. The highest BCUT2D eigenvalue weighted by Crippen LogP contribution is 2.26. The number of β-amino-alcohol motifs (C(OH)–C–C–N with tert-alkyl or cyclic N) is 1. The lowest BCUT2D eigenvalue weighted by Gasteiger charge is -2.20. The predicted octanol–water partition coefficient (Wildman–Crippen LogP) is 0.0977. The number of carbonyl (C=O) groups excluding carboxylic acids is 1. The number of hydrogen-bond donors (Lipinski definition) is 2. The summed E-state index contributed by atoms with van der Waals surface area (Å²) in [4.78, 5) is 22.2. The van der Waals surface area contributed by atoms with Crippen molar-refractivity contribution in [3.05, 3.63) is 29.8 Å². The zero-order chi connectivity index (χ0) is 15.8. The Balaban J connectivity index is 2.37. The van der Waals surface area contributed by atoms with Crippen LogP contribution in [0.5, 0.6) is 0 Å². The number of aliphatic hydroxyl groups is 1. The highest BCUT2D eigenvalue weighted by Gasteiger charge is 2.43. The van der Waals surface area contributed by atoms with Gasteiger partial charge in [-0.05, 0) is 19.1 Å². The second-order valence-corrected chi connectivity index (χ2v) is 6.79. The van der Waals surface area contributed by atoms with Gasteiger partial charge >= 0.3 is 5.97 Å². The van der Waals surface area contributed by atoms with Crippen molar-refractivity contribution in [2.75, 3.05) is 6.54 Å². The first-order valence-corrected chi connectivity index (χ1v) is 7.71. The third-order valence-corrected chi connectivity index (χ3v) is 5.28. The van der Waals surface area contributed by atoms with Gasteiger partial charge in [0.05, 0.1) is 11.0 Å². The molecule has 8 heteroatoms. The van der Waals surface area contributed by atoms with Gasteiger partial charge in [-0.2, -0.15) is 4.31 Å². The van der Waals surface area contributed by atoms with Gasteiger partial charge in [-0.15, -0.1) is 0 Å². The van der Waals surface area contributed by atoms with Gasteiger partial charge in [-0.3, -0.25) is 9.59 Å². The number of nitrogens with zero attached hydrogens (tertiary/aromatic N) is 1. The maximum atomic E-state index is 12.4. The van der Waals surface area contributed by atoms with Crippen LogP contribution in [0, 0.1) is 0 Å². The molecular weight excluding hydrogens is 298 g/mol. The van der Waals surface area contributed by atoms with Gasteiger partial charge in [0, 0.05) is 18.5 Å². The molecule has 0 aromatic heterocycles. The molecule has 0 radical (unpaired) electrons. The number of carbonyl (C=O) groups is 2. The van der Waals surface area contributed by atoms with Crippen LogP contribution < -0.4 is 0 Å². The zero-order valence-corrected chi connectivity index (χ0v) is 12.1. The normalized spacial score (nSPS) is 23.1. The smallest absolute Gasteiger partial charge is 0.322 e. The first-order valence-electron chi connectivity index (χ1n) is 6.27. The van der Waals surface area contributed by atoms with Gasteiger partial charge in [0.15, 0.2) is 5.78 Å². The van der Waals surface area contributed by atoms with E-state index >= 15 is 0 Å². The topological polar surface area (TPSA) is 112 Å². The monoisotopic (exact) mass is 313 g/mol. The summed E-state index contributed by atoms with van der Waals surface area (Å²) in [6.45, 7) is 1.11. The number of Topliss-reactive ketones (excluding diaryl/α,β-unsaturated/α-hetero) is 1. The van der Waals surface area contributed by atoms with Crippen LogP contribution in [-0.4, -0.2) is 53.4 Å². The molecular formula is C13H15NO6S. The number of rotatable bonds is 4. The SMILES string of the molecule is CC(=O)c1ccc(S(=O)(=O)N2C[C@H](O)C[C@H]2C(=O)O)cc1. The summed E-state index contributed by atoms with van der Waals surface area (Å²) < 4.78 is 25.7. The Kier molecular flexibility index (Phi) is 4.13. The van der Waals surface area contributed by atoms with Crippen LogP contribution >= 0.6 is 0 Å². The number of sulfonamides is 1. The molecule has 0 saturated carbocycles. The van der Waals surface area contributed by atoms with E-state index < -0.39 is 28.1 Å². The van der Waals surface area contributed by atoms with Crippen LogP contribution in [0.25, 0.3) is 0 Å². The summed E-state index contributed by atoms with van der Waals surface area (Å²) in [5.41, 5.74) is 0.366. The molecule has 114 valence electrons. The van der Waals surface area contributed by atoms with E-state index in [1.807, 2.05) is 0 Å². The van der Waals surface area contributed by atoms with Crippen LogP contribution in [0.15, 0.2) is 29.2 Å². The molecule has 1 heterocycles. The van der Waals surface area contributed by atoms with Gasteiger partial charge in [0.25, 0.3) is 0 Å². The fourth-order valence-corrected chi connectivity index (χ4v) is 3.90. The number of carboxylic acids is 1. The van der Waals surface area contributed by atoms with Gasteiger partial charge in [-0.1, -0.05) is 12.1 Å². The number of benzene rings is 1. The summed E-state index contributed by atoms with van der Waals surface area (Å²) in [6.07, 6.45) is -1.14. The van der Waals surface area contributed by atoms with Crippen molar-refractivity contribution < 1.29 is 28.2 Å². The zero-order valence-electron chi connectivity index (χ0n) is 11.3. The van der Waals surface area contributed by atoms with Crippen LogP contribution in [0.2, 0.25) is 0 Å². The number of aliphatic hydroxyl groups excluding tert-OH is 1. The van der Waals surface area contributed by atoms with Gasteiger partial charge in [0.2, 0.25) is 10.0 Å². The second kappa shape index (κ2) is 5.55.